The standard InChI is InChI=1S/C23H45NO3Si2/c1-7-25-29(26-8-2,27-9-3)21-17-16-20-24(28(10-4,11-5)12-6)22-23-18-14-13-15-19-23/h13-15,18-19H,7-12,16-17,20-22H2,1-6H3. The minimum Gasteiger partial charge on any atom is -0.374 e. The molecule has 0 aliphatic rings. The van der Waals surface area contributed by atoms with Gasteiger partial charge in [-0.1, -0.05) is 51.1 Å². The first-order chi connectivity index (χ1) is 14.0. The molecular formula is C23H45NO3Si2. The minimum atomic E-state index is -2.52. The van der Waals surface area contributed by atoms with Crippen LogP contribution in [0.4, 0.5) is 0 Å². The lowest BCUT2D eigenvalue weighted by Crippen LogP contribution is -2.52. The molecule has 0 bridgehead atoms. The van der Waals surface area contributed by atoms with E-state index in [2.05, 4.69) is 55.7 Å². The Morgan fingerprint density at radius 3 is 1.69 bits per heavy atom. The first-order valence-electron chi connectivity index (χ1n) is 11.8. The highest BCUT2D eigenvalue weighted by Gasteiger charge is 2.40. The number of hydrogen-bond donors (Lipinski definition) is 0. The van der Waals surface area contributed by atoms with Crippen molar-refractivity contribution in [3.8, 4) is 0 Å². The second-order valence-corrected chi connectivity index (χ2v) is 15.6. The van der Waals surface area contributed by atoms with Crippen LogP contribution in [0.15, 0.2) is 30.3 Å². The van der Waals surface area contributed by atoms with Gasteiger partial charge in [-0.25, -0.2) is 0 Å². The Morgan fingerprint density at radius 1 is 0.724 bits per heavy atom. The largest absolute Gasteiger partial charge is 0.500 e. The molecule has 0 fully saturated rings. The van der Waals surface area contributed by atoms with E-state index in [0.717, 1.165) is 25.6 Å². The summed E-state index contributed by atoms with van der Waals surface area (Å²) in [5.74, 6) is 0. The molecule has 0 unspecified atom stereocenters. The van der Waals surface area contributed by atoms with Crippen LogP contribution in [0.1, 0.15) is 59.9 Å². The van der Waals surface area contributed by atoms with E-state index < -0.39 is 17.0 Å². The maximum absolute atomic E-state index is 6.03. The average molecular weight is 440 g/mol. The third-order valence-electron chi connectivity index (χ3n) is 6.12. The van der Waals surface area contributed by atoms with Gasteiger partial charge in [0.1, 0.15) is 8.24 Å². The fourth-order valence-electron chi connectivity index (χ4n) is 4.35. The van der Waals surface area contributed by atoms with Gasteiger partial charge in [-0.2, -0.15) is 0 Å². The highest BCUT2D eigenvalue weighted by atomic mass is 28.4. The molecule has 1 aromatic rings. The molecule has 1 aromatic carbocycles. The summed E-state index contributed by atoms with van der Waals surface area (Å²) in [6.07, 6.45) is 2.27. The van der Waals surface area contributed by atoms with Crippen LogP contribution in [0.2, 0.25) is 24.2 Å². The summed E-state index contributed by atoms with van der Waals surface area (Å²) in [5.41, 5.74) is 1.43. The van der Waals surface area contributed by atoms with Crippen molar-refractivity contribution in [3.63, 3.8) is 0 Å². The molecule has 0 N–H and O–H groups in total. The highest BCUT2D eigenvalue weighted by Crippen LogP contribution is 2.28. The topological polar surface area (TPSA) is 30.9 Å². The van der Waals surface area contributed by atoms with Gasteiger partial charge in [0.25, 0.3) is 0 Å². The average Bonchev–Trinajstić information content (AvgIpc) is 2.74. The predicted molar refractivity (Wildman–Crippen MR) is 129 cm³/mol. The van der Waals surface area contributed by atoms with Gasteiger partial charge in [0, 0.05) is 32.4 Å². The second kappa shape index (κ2) is 14.5. The molecule has 0 saturated heterocycles. The quantitative estimate of drug-likeness (QED) is 0.210. The Hall–Kier alpha value is -0.506. The fourth-order valence-corrected chi connectivity index (χ4v) is 11.0. The van der Waals surface area contributed by atoms with Gasteiger partial charge in [-0.3, -0.25) is 0 Å². The van der Waals surface area contributed by atoms with Gasteiger partial charge in [0.2, 0.25) is 0 Å². The molecule has 0 amide bonds. The zero-order valence-corrected chi connectivity index (χ0v) is 21.8. The van der Waals surface area contributed by atoms with Gasteiger partial charge in [-0.05, 0) is 63.9 Å². The molecule has 0 saturated carbocycles. The number of hydrogen-bond acceptors (Lipinski definition) is 4. The van der Waals surface area contributed by atoms with E-state index in [0.29, 0.717) is 19.8 Å². The summed E-state index contributed by atoms with van der Waals surface area (Å²) in [5, 5.41) is 0. The summed E-state index contributed by atoms with van der Waals surface area (Å²) in [6.45, 7) is 17.5. The van der Waals surface area contributed by atoms with Gasteiger partial charge in [0.15, 0.2) is 0 Å². The van der Waals surface area contributed by atoms with Gasteiger partial charge in [-0.15, -0.1) is 0 Å². The maximum atomic E-state index is 6.03. The van der Waals surface area contributed by atoms with Crippen molar-refractivity contribution in [3.05, 3.63) is 35.9 Å². The molecule has 0 spiro atoms. The molecular weight excluding hydrogens is 394 g/mol. The molecule has 1 rings (SSSR count). The lowest BCUT2D eigenvalue weighted by atomic mass is 10.2. The van der Waals surface area contributed by atoms with Crippen molar-refractivity contribution in [2.75, 3.05) is 26.4 Å². The first-order valence-corrected chi connectivity index (χ1v) is 16.3. The first kappa shape index (κ1) is 26.5. The summed E-state index contributed by atoms with van der Waals surface area (Å²) in [6, 6.07) is 15.8. The lowest BCUT2D eigenvalue weighted by Gasteiger charge is -2.41. The molecule has 0 atom stereocenters. The van der Waals surface area contributed by atoms with Crippen LogP contribution in [-0.4, -0.2) is 48.0 Å². The second-order valence-electron chi connectivity index (χ2n) is 7.63. The molecule has 0 aliphatic carbocycles. The van der Waals surface area contributed by atoms with Crippen LogP contribution in [0.3, 0.4) is 0 Å². The smallest absolute Gasteiger partial charge is 0.374 e. The highest BCUT2D eigenvalue weighted by molar-refractivity contribution is 6.77. The van der Waals surface area contributed by atoms with E-state index in [1.165, 1.54) is 30.1 Å². The Kier molecular flexibility index (Phi) is 13.3. The Balaban J connectivity index is 2.80. The Labute approximate surface area is 182 Å². The van der Waals surface area contributed by atoms with Crippen LogP contribution in [-0.2, 0) is 19.8 Å². The van der Waals surface area contributed by atoms with E-state index in [9.17, 15) is 0 Å². The van der Waals surface area contributed by atoms with E-state index in [1.54, 1.807) is 0 Å². The molecule has 0 heterocycles. The Bertz CT molecular complexity index is 501. The van der Waals surface area contributed by atoms with E-state index >= 15 is 0 Å². The van der Waals surface area contributed by atoms with Crippen molar-refractivity contribution < 1.29 is 13.3 Å². The summed E-state index contributed by atoms with van der Waals surface area (Å²) >= 11 is 0. The van der Waals surface area contributed by atoms with Crippen molar-refractivity contribution in [1.82, 2.24) is 4.57 Å². The van der Waals surface area contributed by atoms with E-state index in [4.69, 9.17) is 13.3 Å². The molecule has 6 heteroatoms. The number of unbranched alkanes of at least 4 members (excludes halogenated alkanes) is 1. The van der Waals surface area contributed by atoms with Crippen LogP contribution in [0, 0.1) is 0 Å². The number of rotatable bonds is 17. The molecule has 0 aliphatic heterocycles. The van der Waals surface area contributed by atoms with Crippen LogP contribution >= 0.6 is 0 Å². The zero-order chi connectivity index (χ0) is 21.6. The third kappa shape index (κ3) is 8.27. The molecule has 0 aromatic heterocycles. The number of nitrogens with zero attached hydrogens (tertiary/aromatic N) is 1. The van der Waals surface area contributed by atoms with E-state index in [1.807, 2.05) is 20.8 Å². The normalized spacial score (nSPS) is 12.7. The van der Waals surface area contributed by atoms with Crippen LogP contribution in [0.5, 0.6) is 0 Å². The van der Waals surface area contributed by atoms with Gasteiger partial charge >= 0.3 is 8.80 Å². The molecule has 29 heavy (non-hydrogen) atoms. The number of benzene rings is 1. The summed E-state index contributed by atoms with van der Waals surface area (Å²) < 4.78 is 21.0. The fraction of sp³-hybridized carbons (Fsp3) is 0.739. The molecule has 168 valence electrons. The summed E-state index contributed by atoms with van der Waals surface area (Å²) in [7, 11) is -3.94. The van der Waals surface area contributed by atoms with Crippen LogP contribution in [0.25, 0.3) is 0 Å². The van der Waals surface area contributed by atoms with Crippen molar-refractivity contribution in [2.24, 2.45) is 0 Å². The molecule has 0 radical (unpaired) electrons. The van der Waals surface area contributed by atoms with Crippen LogP contribution < -0.4 is 0 Å². The Morgan fingerprint density at radius 2 is 1.24 bits per heavy atom. The minimum absolute atomic E-state index is 0.657. The van der Waals surface area contributed by atoms with Crippen molar-refractivity contribution in [1.29, 1.82) is 0 Å². The SMILES string of the molecule is CCO[Si](CCCCN(Cc1ccccc1)[Si](CC)(CC)CC)(OCC)OCC. The van der Waals surface area contributed by atoms with E-state index in [-0.39, 0.29) is 0 Å². The third-order valence-corrected chi connectivity index (χ3v) is 14.9. The van der Waals surface area contributed by atoms with Crippen molar-refractivity contribution >= 4 is 17.0 Å². The maximum Gasteiger partial charge on any atom is 0.500 e. The van der Waals surface area contributed by atoms with Gasteiger partial charge in [0.05, 0.1) is 0 Å². The van der Waals surface area contributed by atoms with Crippen molar-refractivity contribution in [2.45, 2.75) is 85.1 Å². The summed E-state index contributed by atoms with van der Waals surface area (Å²) in [4.78, 5) is 0. The predicted octanol–water partition coefficient (Wildman–Crippen LogP) is 6.32. The monoisotopic (exact) mass is 439 g/mol. The lowest BCUT2D eigenvalue weighted by molar-refractivity contribution is 0.0705. The zero-order valence-electron chi connectivity index (χ0n) is 19.8. The molecule has 4 nitrogen and oxygen atoms in total. The van der Waals surface area contributed by atoms with Gasteiger partial charge < -0.3 is 17.8 Å².